The van der Waals surface area contributed by atoms with Crippen molar-refractivity contribution in [1.29, 1.82) is 0 Å². The van der Waals surface area contributed by atoms with Gasteiger partial charge in [0.2, 0.25) is 15.9 Å². The van der Waals surface area contributed by atoms with Crippen LogP contribution in [0.3, 0.4) is 0 Å². The highest BCUT2D eigenvalue weighted by atomic mass is 32.2. The standard InChI is InChI=1S/C15H23N3O4S/c1-23(20,21)18-9-6-12(7-10-18)15(19)17-13-2-4-14(5-3-13)22-11-8-16/h2-5,12H,6-11,16H2,1H3,(H,17,19). The first-order valence-corrected chi connectivity index (χ1v) is 9.44. The van der Waals surface area contributed by atoms with Crippen molar-refractivity contribution in [1.82, 2.24) is 4.31 Å². The van der Waals surface area contributed by atoms with Gasteiger partial charge in [-0.05, 0) is 37.1 Å². The van der Waals surface area contributed by atoms with Gasteiger partial charge in [-0.2, -0.15) is 0 Å². The normalized spacial score (nSPS) is 17.0. The molecule has 1 heterocycles. The fourth-order valence-electron chi connectivity index (χ4n) is 2.51. The zero-order chi connectivity index (χ0) is 16.9. The van der Waals surface area contributed by atoms with E-state index < -0.39 is 10.0 Å². The van der Waals surface area contributed by atoms with E-state index in [0.717, 1.165) is 0 Å². The molecule has 128 valence electrons. The minimum Gasteiger partial charge on any atom is -0.492 e. The van der Waals surface area contributed by atoms with Crippen LogP contribution in [0.25, 0.3) is 0 Å². The number of amides is 1. The molecule has 0 radical (unpaired) electrons. The van der Waals surface area contributed by atoms with E-state index in [4.69, 9.17) is 10.5 Å². The first-order chi connectivity index (χ1) is 10.9. The van der Waals surface area contributed by atoms with Gasteiger partial charge in [0.15, 0.2) is 0 Å². The van der Waals surface area contributed by atoms with Crippen LogP contribution >= 0.6 is 0 Å². The molecule has 1 aromatic rings. The number of hydrogen-bond acceptors (Lipinski definition) is 5. The van der Waals surface area contributed by atoms with Crippen molar-refractivity contribution < 1.29 is 17.9 Å². The van der Waals surface area contributed by atoms with Gasteiger partial charge in [0, 0.05) is 31.2 Å². The predicted molar refractivity (Wildman–Crippen MR) is 88.8 cm³/mol. The van der Waals surface area contributed by atoms with E-state index in [9.17, 15) is 13.2 Å². The number of piperidine rings is 1. The maximum absolute atomic E-state index is 12.3. The van der Waals surface area contributed by atoms with Crippen LogP contribution in [0.15, 0.2) is 24.3 Å². The van der Waals surface area contributed by atoms with E-state index >= 15 is 0 Å². The first-order valence-electron chi connectivity index (χ1n) is 7.59. The molecule has 1 fully saturated rings. The SMILES string of the molecule is CS(=O)(=O)N1CCC(C(=O)Nc2ccc(OCCN)cc2)CC1. The van der Waals surface area contributed by atoms with Gasteiger partial charge in [-0.15, -0.1) is 0 Å². The fourth-order valence-corrected chi connectivity index (χ4v) is 3.38. The van der Waals surface area contributed by atoms with Gasteiger partial charge in [0.1, 0.15) is 12.4 Å². The van der Waals surface area contributed by atoms with E-state index in [0.29, 0.717) is 50.5 Å². The number of ether oxygens (including phenoxy) is 1. The monoisotopic (exact) mass is 341 g/mol. The second kappa shape index (κ2) is 7.76. The van der Waals surface area contributed by atoms with Gasteiger partial charge < -0.3 is 15.8 Å². The van der Waals surface area contributed by atoms with Gasteiger partial charge in [-0.1, -0.05) is 0 Å². The Morgan fingerprint density at radius 2 is 1.91 bits per heavy atom. The Morgan fingerprint density at radius 1 is 1.30 bits per heavy atom. The van der Waals surface area contributed by atoms with Crippen LogP contribution in [0.5, 0.6) is 5.75 Å². The maximum Gasteiger partial charge on any atom is 0.227 e. The van der Waals surface area contributed by atoms with Gasteiger partial charge in [0.05, 0.1) is 6.26 Å². The van der Waals surface area contributed by atoms with Crippen LogP contribution in [0, 0.1) is 5.92 Å². The van der Waals surface area contributed by atoms with Crippen LogP contribution in [-0.4, -0.2) is 51.1 Å². The van der Waals surface area contributed by atoms with Crippen LogP contribution in [-0.2, 0) is 14.8 Å². The van der Waals surface area contributed by atoms with Gasteiger partial charge >= 0.3 is 0 Å². The van der Waals surface area contributed by atoms with E-state index in [1.165, 1.54) is 10.6 Å². The summed E-state index contributed by atoms with van der Waals surface area (Å²) in [5.41, 5.74) is 6.06. The third-order valence-electron chi connectivity index (χ3n) is 3.80. The third kappa shape index (κ3) is 5.19. The number of hydrogen-bond donors (Lipinski definition) is 2. The number of sulfonamides is 1. The molecule has 1 amide bonds. The number of anilines is 1. The number of nitrogens with two attached hydrogens (primary N) is 1. The lowest BCUT2D eigenvalue weighted by Crippen LogP contribution is -2.40. The summed E-state index contributed by atoms with van der Waals surface area (Å²) in [6.45, 7) is 1.68. The van der Waals surface area contributed by atoms with Crippen molar-refractivity contribution in [2.75, 3.05) is 37.8 Å². The van der Waals surface area contributed by atoms with Crippen molar-refractivity contribution in [3.05, 3.63) is 24.3 Å². The Kier molecular flexibility index (Phi) is 5.97. The smallest absolute Gasteiger partial charge is 0.227 e. The van der Waals surface area contributed by atoms with Crippen molar-refractivity contribution in [3.8, 4) is 5.75 Å². The number of nitrogens with zero attached hydrogens (tertiary/aromatic N) is 1. The largest absolute Gasteiger partial charge is 0.492 e. The van der Waals surface area contributed by atoms with Crippen LogP contribution in [0.4, 0.5) is 5.69 Å². The molecule has 0 atom stereocenters. The van der Waals surface area contributed by atoms with Gasteiger partial charge in [-0.3, -0.25) is 4.79 Å². The van der Waals surface area contributed by atoms with E-state index in [1.54, 1.807) is 24.3 Å². The lowest BCUT2D eigenvalue weighted by molar-refractivity contribution is -0.120. The molecule has 0 aliphatic carbocycles. The summed E-state index contributed by atoms with van der Waals surface area (Å²) in [6.07, 6.45) is 2.27. The summed E-state index contributed by atoms with van der Waals surface area (Å²) in [5, 5.41) is 2.86. The molecule has 1 saturated heterocycles. The Hall–Kier alpha value is -1.64. The molecule has 1 aromatic carbocycles. The molecule has 8 heteroatoms. The fraction of sp³-hybridized carbons (Fsp3) is 0.533. The number of carbonyl (C=O) groups is 1. The van der Waals surface area contributed by atoms with Crippen LogP contribution < -0.4 is 15.8 Å². The minimum absolute atomic E-state index is 0.0752. The topological polar surface area (TPSA) is 102 Å². The molecule has 23 heavy (non-hydrogen) atoms. The van der Waals surface area contributed by atoms with Crippen molar-refractivity contribution in [2.24, 2.45) is 11.7 Å². The number of rotatable bonds is 6. The lowest BCUT2D eigenvalue weighted by Gasteiger charge is -2.29. The minimum atomic E-state index is -3.17. The zero-order valence-corrected chi connectivity index (χ0v) is 14.0. The number of carbonyl (C=O) groups excluding carboxylic acids is 1. The summed E-state index contributed by atoms with van der Waals surface area (Å²) in [7, 11) is -3.17. The van der Waals surface area contributed by atoms with Gasteiger partial charge in [0.25, 0.3) is 0 Å². The molecule has 0 aromatic heterocycles. The Bertz CT molecular complexity index is 623. The molecule has 0 saturated carbocycles. The summed E-state index contributed by atoms with van der Waals surface area (Å²) in [5.74, 6) is 0.463. The third-order valence-corrected chi connectivity index (χ3v) is 5.11. The second-order valence-electron chi connectivity index (χ2n) is 5.59. The summed E-state index contributed by atoms with van der Waals surface area (Å²) in [6, 6.07) is 7.10. The highest BCUT2D eigenvalue weighted by Gasteiger charge is 2.28. The van der Waals surface area contributed by atoms with E-state index in [-0.39, 0.29) is 11.8 Å². The van der Waals surface area contributed by atoms with E-state index in [2.05, 4.69) is 5.32 Å². The number of benzene rings is 1. The van der Waals surface area contributed by atoms with Crippen LogP contribution in [0.2, 0.25) is 0 Å². The Balaban J connectivity index is 1.85. The van der Waals surface area contributed by atoms with Crippen molar-refractivity contribution in [3.63, 3.8) is 0 Å². The van der Waals surface area contributed by atoms with Crippen molar-refractivity contribution >= 4 is 21.6 Å². The molecule has 1 aliphatic rings. The molecule has 2 rings (SSSR count). The molecule has 0 spiro atoms. The Morgan fingerprint density at radius 3 is 2.43 bits per heavy atom. The quantitative estimate of drug-likeness (QED) is 0.790. The molecule has 7 nitrogen and oxygen atoms in total. The van der Waals surface area contributed by atoms with Crippen molar-refractivity contribution in [2.45, 2.75) is 12.8 Å². The highest BCUT2D eigenvalue weighted by Crippen LogP contribution is 2.22. The molecule has 0 unspecified atom stereocenters. The lowest BCUT2D eigenvalue weighted by atomic mass is 9.97. The molecular formula is C15H23N3O4S. The van der Waals surface area contributed by atoms with Gasteiger partial charge in [-0.25, -0.2) is 12.7 Å². The average Bonchev–Trinajstić information content (AvgIpc) is 2.53. The molecular weight excluding hydrogens is 318 g/mol. The maximum atomic E-state index is 12.3. The highest BCUT2D eigenvalue weighted by molar-refractivity contribution is 7.88. The average molecular weight is 341 g/mol. The second-order valence-corrected chi connectivity index (χ2v) is 7.57. The summed E-state index contributed by atoms with van der Waals surface area (Å²) < 4.78 is 29.7. The van der Waals surface area contributed by atoms with E-state index in [1.807, 2.05) is 0 Å². The molecule has 3 N–H and O–H groups in total. The first kappa shape index (κ1) is 17.7. The Labute approximate surface area is 136 Å². The predicted octanol–water partition coefficient (Wildman–Crippen LogP) is 0.634. The molecule has 1 aliphatic heterocycles. The zero-order valence-electron chi connectivity index (χ0n) is 13.2. The number of nitrogens with one attached hydrogen (secondary N) is 1. The van der Waals surface area contributed by atoms with Crippen LogP contribution in [0.1, 0.15) is 12.8 Å². The molecule has 0 bridgehead atoms. The summed E-state index contributed by atoms with van der Waals surface area (Å²) >= 11 is 0. The summed E-state index contributed by atoms with van der Waals surface area (Å²) in [4.78, 5) is 12.3.